The van der Waals surface area contributed by atoms with Crippen LogP contribution in [0.1, 0.15) is 49.6 Å². The largest absolute Gasteiger partial charge is 0.461 e. The zero-order chi connectivity index (χ0) is 19.0. The number of rotatable bonds is 4. The van der Waals surface area contributed by atoms with E-state index >= 15 is 0 Å². The van der Waals surface area contributed by atoms with Crippen LogP contribution in [-0.2, 0) is 0 Å². The van der Waals surface area contributed by atoms with Crippen LogP contribution in [0.5, 0.6) is 0 Å². The molecule has 138 valence electrons. The summed E-state index contributed by atoms with van der Waals surface area (Å²) in [4.78, 5) is 28.2. The first-order valence-electron chi connectivity index (χ1n) is 8.91. The maximum Gasteiger partial charge on any atom is 0.258 e. The van der Waals surface area contributed by atoms with Gasteiger partial charge in [0.05, 0.1) is 16.5 Å². The van der Waals surface area contributed by atoms with Gasteiger partial charge in [0.25, 0.3) is 11.8 Å². The van der Waals surface area contributed by atoms with Gasteiger partial charge in [-0.2, -0.15) is 0 Å². The Kier molecular flexibility index (Phi) is 4.58. The van der Waals surface area contributed by atoms with Crippen molar-refractivity contribution >= 4 is 23.2 Å². The van der Waals surface area contributed by atoms with E-state index in [4.69, 9.17) is 10.2 Å². The Bertz CT molecular complexity index is 990. The molecular weight excluding hydrogens is 360 g/mol. The van der Waals surface area contributed by atoms with E-state index in [9.17, 15) is 9.59 Å². The predicted octanol–water partition coefficient (Wildman–Crippen LogP) is 4.39. The van der Waals surface area contributed by atoms with E-state index in [1.807, 2.05) is 54.3 Å². The number of carbonyl (C=O) groups excluding carboxylic acids is 2. The van der Waals surface area contributed by atoms with Gasteiger partial charge in [0.2, 0.25) is 0 Å². The summed E-state index contributed by atoms with van der Waals surface area (Å²) < 4.78 is 5.85. The lowest BCUT2D eigenvalue weighted by molar-refractivity contribution is 0.0738. The van der Waals surface area contributed by atoms with E-state index in [1.165, 1.54) is 11.3 Å². The second kappa shape index (κ2) is 7.04. The van der Waals surface area contributed by atoms with Crippen LogP contribution in [0.2, 0.25) is 0 Å². The summed E-state index contributed by atoms with van der Waals surface area (Å²) in [5, 5.41) is 0. The third-order valence-electron chi connectivity index (χ3n) is 4.83. The van der Waals surface area contributed by atoms with Crippen molar-refractivity contribution in [2.24, 2.45) is 5.73 Å². The Morgan fingerprint density at radius 3 is 2.67 bits per heavy atom. The summed E-state index contributed by atoms with van der Waals surface area (Å²) in [6.07, 6.45) is 1.81. The van der Waals surface area contributed by atoms with Gasteiger partial charge in [-0.3, -0.25) is 9.59 Å². The first-order chi connectivity index (χ1) is 13.0. The minimum Gasteiger partial charge on any atom is -0.461 e. The summed E-state index contributed by atoms with van der Waals surface area (Å²) in [5.74, 6) is 0.842. The second-order valence-corrected chi connectivity index (χ2v) is 7.80. The Labute approximate surface area is 161 Å². The molecule has 4 rings (SSSR count). The second-order valence-electron chi connectivity index (χ2n) is 6.69. The van der Waals surface area contributed by atoms with Crippen LogP contribution in [0.25, 0.3) is 11.3 Å². The van der Waals surface area contributed by atoms with E-state index in [-0.39, 0.29) is 11.9 Å². The number of hydrogen-bond donors (Lipinski definition) is 1. The molecule has 1 fully saturated rings. The van der Waals surface area contributed by atoms with Crippen molar-refractivity contribution in [1.82, 2.24) is 4.90 Å². The third-order valence-corrected chi connectivity index (χ3v) is 6.03. The van der Waals surface area contributed by atoms with Crippen molar-refractivity contribution in [3.8, 4) is 11.3 Å². The Morgan fingerprint density at radius 1 is 1.19 bits per heavy atom. The molecule has 1 atom stereocenters. The van der Waals surface area contributed by atoms with E-state index < -0.39 is 5.91 Å². The van der Waals surface area contributed by atoms with E-state index in [0.29, 0.717) is 28.5 Å². The number of aryl methyl sites for hydroxylation is 1. The number of amides is 2. The van der Waals surface area contributed by atoms with Crippen molar-refractivity contribution < 1.29 is 14.0 Å². The molecule has 1 aliphatic rings. The highest BCUT2D eigenvalue weighted by Gasteiger charge is 2.34. The minimum atomic E-state index is -0.432. The molecular formula is C21H20N2O3S. The predicted molar refractivity (Wildman–Crippen MR) is 105 cm³/mol. The molecule has 1 saturated heterocycles. The molecule has 6 heteroatoms. The molecule has 0 saturated carbocycles. The standard InChI is InChI=1S/C21H20N2O3S/c1-13-12-15(19(26-13)14-6-3-2-4-7-14)21(25)23-11-5-8-16(23)17-9-10-18(27-17)20(22)24/h2-4,6-7,9-10,12,16H,5,8,11H2,1H3,(H2,22,24)/t16-/m0/s1. The first kappa shape index (κ1) is 17.5. The monoisotopic (exact) mass is 380 g/mol. The highest BCUT2D eigenvalue weighted by atomic mass is 32.1. The topological polar surface area (TPSA) is 76.5 Å². The number of hydrogen-bond acceptors (Lipinski definition) is 4. The molecule has 2 N–H and O–H groups in total. The zero-order valence-electron chi connectivity index (χ0n) is 15.0. The lowest BCUT2D eigenvalue weighted by Gasteiger charge is -2.23. The number of benzene rings is 1. The lowest BCUT2D eigenvalue weighted by atomic mass is 10.1. The summed E-state index contributed by atoms with van der Waals surface area (Å²) in [6, 6.07) is 15.1. The van der Waals surface area contributed by atoms with Gasteiger partial charge in [-0.05, 0) is 38.0 Å². The minimum absolute atomic E-state index is 0.0329. The molecule has 2 amide bonds. The summed E-state index contributed by atoms with van der Waals surface area (Å²) in [6.45, 7) is 2.54. The molecule has 0 spiro atoms. The van der Waals surface area contributed by atoms with Crippen LogP contribution in [0, 0.1) is 6.92 Å². The molecule has 27 heavy (non-hydrogen) atoms. The van der Waals surface area contributed by atoms with Crippen molar-refractivity contribution in [3.63, 3.8) is 0 Å². The first-order valence-corrected chi connectivity index (χ1v) is 9.72. The maximum absolute atomic E-state index is 13.4. The van der Waals surface area contributed by atoms with Gasteiger partial charge in [-0.15, -0.1) is 11.3 Å². The molecule has 3 heterocycles. The number of furan rings is 1. The SMILES string of the molecule is Cc1cc(C(=O)N2CCC[C@H]2c2ccc(C(N)=O)s2)c(-c2ccccc2)o1. The number of carbonyl (C=O) groups is 2. The highest BCUT2D eigenvalue weighted by molar-refractivity contribution is 7.14. The molecule has 0 radical (unpaired) electrons. The molecule has 3 aromatic rings. The van der Waals surface area contributed by atoms with Crippen LogP contribution in [0.15, 0.2) is 52.9 Å². The van der Waals surface area contributed by atoms with Crippen molar-refractivity contribution in [2.45, 2.75) is 25.8 Å². The van der Waals surface area contributed by atoms with Gasteiger partial charge >= 0.3 is 0 Å². The quantitative estimate of drug-likeness (QED) is 0.729. The molecule has 2 aromatic heterocycles. The molecule has 1 aliphatic heterocycles. The molecule has 0 bridgehead atoms. The lowest BCUT2D eigenvalue weighted by Crippen LogP contribution is -2.30. The summed E-state index contributed by atoms with van der Waals surface area (Å²) >= 11 is 1.37. The number of nitrogens with two attached hydrogens (primary N) is 1. The summed E-state index contributed by atoms with van der Waals surface area (Å²) in [5.41, 5.74) is 6.84. The average Bonchev–Trinajstić information content (AvgIpc) is 3.40. The normalized spacial score (nSPS) is 16.6. The Balaban J connectivity index is 1.67. The van der Waals surface area contributed by atoms with Crippen LogP contribution in [-0.4, -0.2) is 23.3 Å². The number of thiophene rings is 1. The van der Waals surface area contributed by atoms with Gasteiger partial charge in [-0.1, -0.05) is 30.3 Å². The maximum atomic E-state index is 13.4. The van der Waals surface area contributed by atoms with Crippen LogP contribution in [0.4, 0.5) is 0 Å². The number of primary amides is 1. The Hall–Kier alpha value is -2.86. The fraction of sp³-hybridized carbons (Fsp3) is 0.238. The fourth-order valence-corrected chi connectivity index (χ4v) is 4.61. The molecule has 5 nitrogen and oxygen atoms in total. The zero-order valence-corrected chi connectivity index (χ0v) is 15.8. The summed E-state index contributed by atoms with van der Waals surface area (Å²) in [7, 11) is 0. The van der Waals surface area contributed by atoms with E-state index in [0.717, 1.165) is 23.3 Å². The Morgan fingerprint density at radius 2 is 1.96 bits per heavy atom. The van der Waals surface area contributed by atoms with Crippen molar-refractivity contribution in [2.75, 3.05) is 6.54 Å². The highest BCUT2D eigenvalue weighted by Crippen LogP contribution is 2.38. The number of likely N-dealkylation sites (tertiary alicyclic amines) is 1. The smallest absolute Gasteiger partial charge is 0.258 e. The van der Waals surface area contributed by atoms with E-state index in [1.54, 1.807) is 6.07 Å². The van der Waals surface area contributed by atoms with Crippen LogP contribution in [0.3, 0.4) is 0 Å². The third kappa shape index (κ3) is 3.28. The van der Waals surface area contributed by atoms with Crippen molar-refractivity contribution in [3.05, 3.63) is 69.6 Å². The van der Waals surface area contributed by atoms with Gasteiger partial charge in [0, 0.05) is 17.0 Å². The van der Waals surface area contributed by atoms with Gasteiger partial charge in [0.15, 0.2) is 0 Å². The van der Waals surface area contributed by atoms with Gasteiger partial charge in [-0.25, -0.2) is 0 Å². The fourth-order valence-electron chi connectivity index (χ4n) is 3.60. The molecule has 0 unspecified atom stereocenters. The van der Waals surface area contributed by atoms with Crippen LogP contribution >= 0.6 is 11.3 Å². The van der Waals surface area contributed by atoms with E-state index in [2.05, 4.69) is 0 Å². The van der Waals surface area contributed by atoms with Gasteiger partial charge < -0.3 is 15.1 Å². The van der Waals surface area contributed by atoms with Gasteiger partial charge in [0.1, 0.15) is 11.5 Å². The number of nitrogens with zero attached hydrogens (tertiary/aromatic N) is 1. The van der Waals surface area contributed by atoms with Crippen molar-refractivity contribution in [1.29, 1.82) is 0 Å². The molecule has 1 aromatic carbocycles. The van der Waals surface area contributed by atoms with Crippen LogP contribution < -0.4 is 5.73 Å². The average molecular weight is 380 g/mol. The molecule has 0 aliphatic carbocycles.